The van der Waals surface area contributed by atoms with E-state index in [0.717, 1.165) is 17.7 Å². The topological polar surface area (TPSA) is 40.5 Å². The van der Waals surface area contributed by atoms with Crippen LogP contribution >= 0.6 is 12.6 Å². The molecule has 0 heterocycles. The highest BCUT2D eigenvalue weighted by molar-refractivity contribution is 7.80. The number of thiol groups is 1. The average molecular weight is 294 g/mol. The van der Waals surface area contributed by atoms with E-state index in [4.69, 9.17) is 0 Å². The SMILES string of the molecule is Oc1cccc(C/C=C/CCCCCCCCS)c1O. The lowest BCUT2D eigenvalue weighted by molar-refractivity contribution is 0.400. The second kappa shape index (κ2) is 10.7. The summed E-state index contributed by atoms with van der Waals surface area (Å²) in [5.41, 5.74) is 0.771. The summed E-state index contributed by atoms with van der Waals surface area (Å²) in [4.78, 5) is 0. The normalized spacial score (nSPS) is 11.2. The van der Waals surface area contributed by atoms with Gasteiger partial charge in [-0.1, -0.05) is 50.0 Å². The van der Waals surface area contributed by atoms with Crippen molar-refractivity contribution >= 4 is 12.6 Å². The highest BCUT2D eigenvalue weighted by Crippen LogP contribution is 2.28. The van der Waals surface area contributed by atoms with Gasteiger partial charge in [0, 0.05) is 5.56 Å². The van der Waals surface area contributed by atoms with E-state index < -0.39 is 0 Å². The predicted molar refractivity (Wildman–Crippen MR) is 88.8 cm³/mol. The molecule has 0 spiro atoms. The molecule has 0 unspecified atom stereocenters. The average Bonchev–Trinajstić information content (AvgIpc) is 2.45. The molecule has 0 aliphatic rings. The Kier molecular flexibility index (Phi) is 9.05. The molecule has 0 atom stereocenters. The Balaban J connectivity index is 2.09. The minimum Gasteiger partial charge on any atom is -0.504 e. The molecule has 1 aromatic rings. The van der Waals surface area contributed by atoms with E-state index in [1.54, 1.807) is 6.07 Å². The number of phenols is 2. The van der Waals surface area contributed by atoms with Crippen LogP contribution in [-0.2, 0) is 6.42 Å². The summed E-state index contributed by atoms with van der Waals surface area (Å²) in [6.07, 6.45) is 13.7. The molecule has 0 amide bonds. The molecule has 0 aliphatic carbocycles. The molecule has 0 saturated heterocycles. The quantitative estimate of drug-likeness (QED) is 0.250. The molecule has 0 fully saturated rings. The van der Waals surface area contributed by atoms with Gasteiger partial charge in [0.05, 0.1) is 0 Å². The van der Waals surface area contributed by atoms with Gasteiger partial charge in [-0.2, -0.15) is 12.6 Å². The van der Waals surface area contributed by atoms with Crippen LogP contribution in [0.15, 0.2) is 30.4 Å². The van der Waals surface area contributed by atoms with Crippen LogP contribution in [0.4, 0.5) is 0 Å². The van der Waals surface area contributed by atoms with Gasteiger partial charge in [-0.25, -0.2) is 0 Å². The minimum atomic E-state index is -0.0443. The van der Waals surface area contributed by atoms with Crippen molar-refractivity contribution in [1.29, 1.82) is 0 Å². The van der Waals surface area contributed by atoms with E-state index >= 15 is 0 Å². The van der Waals surface area contributed by atoms with Crippen molar-refractivity contribution in [2.45, 2.75) is 51.4 Å². The number of hydrogen-bond donors (Lipinski definition) is 3. The van der Waals surface area contributed by atoms with Crippen LogP contribution in [0.2, 0.25) is 0 Å². The van der Waals surface area contributed by atoms with Crippen molar-refractivity contribution in [3.63, 3.8) is 0 Å². The van der Waals surface area contributed by atoms with Crippen LogP contribution in [0.3, 0.4) is 0 Å². The summed E-state index contributed by atoms with van der Waals surface area (Å²) < 4.78 is 0. The van der Waals surface area contributed by atoms with Gasteiger partial charge < -0.3 is 10.2 Å². The van der Waals surface area contributed by atoms with E-state index in [1.165, 1.54) is 44.6 Å². The molecule has 0 aliphatic heterocycles. The van der Waals surface area contributed by atoms with Crippen molar-refractivity contribution in [2.24, 2.45) is 0 Å². The highest BCUT2D eigenvalue weighted by Gasteiger charge is 2.02. The summed E-state index contributed by atoms with van der Waals surface area (Å²) in [5, 5.41) is 19.0. The molecule has 1 rings (SSSR count). The maximum absolute atomic E-state index is 9.65. The summed E-state index contributed by atoms with van der Waals surface area (Å²) in [7, 11) is 0. The zero-order valence-corrected chi connectivity index (χ0v) is 13.0. The lowest BCUT2D eigenvalue weighted by Gasteiger charge is -2.02. The fourth-order valence-electron chi connectivity index (χ4n) is 2.15. The third-order valence-electron chi connectivity index (χ3n) is 3.38. The molecule has 0 radical (unpaired) electrons. The summed E-state index contributed by atoms with van der Waals surface area (Å²) in [5.74, 6) is 0.961. The number of allylic oxidation sites excluding steroid dienone is 2. The van der Waals surface area contributed by atoms with Crippen LogP contribution < -0.4 is 0 Å². The Morgan fingerprint density at radius 1 is 0.900 bits per heavy atom. The summed E-state index contributed by atoms with van der Waals surface area (Å²) in [6.45, 7) is 0. The molecule has 112 valence electrons. The van der Waals surface area contributed by atoms with E-state index in [1.807, 2.05) is 6.07 Å². The summed E-state index contributed by atoms with van der Waals surface area (Å²) in [6, 6.07) is 5.08. The maximum atomic E-state index is 9.65. The molecule has 2 nitrogen and oxygen atoms in total. The van der Waals surface area contributed by atoms with Crippen LogP contribution in [0.5, 0.6) is 11.5 Å². The zero-order valence-electron chi connectivity index (χ0n) is 12.1. The van der Waals surface area contributed by atoms with Crippen molar-refractivity contribution < 1.29 is 10.2 Å². The fraction of sp³-hybridized carbons (Fsp3) is 0.529. The van der Waals surface area contributed by atoms with E-state index in [2.05, 4.69) is 24.8 Å². The molecule has 3 heteroatoms. The van der Waals surface area contributed by atoms with Gasteiger partial charge in [-0.05, 0) is 37.5 Å². The van der Waals surface area contributed by atoms with Crippen LogP contribution in [0.25, 0.3) is 0 Å². The number of unbranched alkanes of at least 4 members (excludes halogenated alkanes) is 6. The van der Waals surface area contributed by atoms with Crippen molar-refractivity contribution in [1.82, 2.24) is 0 Å². The van der Waals surface area contributed by atoms with E-state index in [-0.39, 0.29) is 11.5 Å². The number of para-hydroxylation sites is 1. The fourth-order valence-corrected chi connectivity index (χ4v) is 2.38. The molecule has 1 aromatic carbocycles. The largest absolute Gasteiger partial charge is 0.504 e. The Morgan fingerprint density at radius 3 is 2.35 bits per heavy atom. The molecule has 2 N–H and O–H groups in total. The Morgan fingerprint density at radius 2 is 1.60 bits per heavy atom. The second-order valence-electron chi connectivity index (χ2n) is 5.09. The highest BCUT2D eigenvalue weighted by atomic mass is 32.1. The minimum absolute atomic E-state index is 0.00124. The van der Waals surface area contributed by atoms with Crippen molar-refractivity contribution in [2.75, 3.05) is 5.75 Å². The van der Waals surface area contributed by atoms with Crippen molar-refractivity contribution in [3.05, 3.63) is 35.9 Å². The monoisotopic (exact) mass is 294 g/mol. The van der Waals surface area contributed by atoms with E-state index in [0.29, 0.717) is 6.42 Å². The molecular weight excluding hydrogens is 268 g/mol. The standard InChI is InChI=1S/C17H26O2S/c18-16-13-10-12-15(17(16)19)11-8-6-4-2-1-3-5-7-9-14-20/h6,8,10,12-13,18-20H,1-5,7,9,11,14H2/b8-6+. The van der Waals surface area contributed by atoms with Gasteiger partial charge in [-0.15, -0.1) is 0 Å². The first kappa shape index (κ1) is 17.0. The molecule has 0 bridgehead atoms. The Hall–Kier alpha value is -1.09. The Bertz CT molecular complexity index is 402. The van der Waals surface area contributed by atoms with Crippen LogP contribution in [-0.4, -0.2) is 16.0 Å². The third-order valence-corrected chi connectivity index (χ3v) is 3.70. The predicted octanol–water partition coefficient (Wildman–Crippen LogP) is 4.86. The van der Waals surface area contributed by atoms with E-state index in [9.17, 15) is 10.2 Å². The number of hydrogen-bond acceptors (Lipinski definition) is 3. The smallest absolute Gasteiger partial charge is 0.160 e. The molecular formula is C17H26O2S. The molecule has 0 saturated carbocycles. The first-order chi connectivity index (χ1) is 9.75. The number of aromatic hydroxyl groups is 2. The zero-order chi connectivity index (χ0) is 14.6. The third kappa shape index (κ3) is 6.90. The number of benzene rings is 1. The van der Waals surface area contributed by atoms with Gasteiger partial charge in [0.2, 0.25) is 0 Å². The van der Waals surface area contributed by atoms with Gasteiger partial charge in [0.1, 0.15) is 0 Å². The van der Waals surface area contributed by atoms with Crippen LogP contribution in [0, 0.1) is 0 Å². The first-order valence-electron chi connectivity index (χ1n) is 7.51. The first-order valence-corrected chi connectivity index (χ1v) is 8.14. The summed E-state index contributed by atoms with van der Waals surface area (Å²) >= 11 is 4.20. The second-order valence-corrected chi connectivity index (χ2v) is 5.54. The van der Waals surface area contributed by atoms with Gasteiger partial charge in [0.15, 0.2) is 11.5 Å². The molecule has 0 aromatic heterocycles. The van der Waals surface area contributed by atoms with Crippen LogP contribution in [0.1, 0.15) is 50.5 Å². The van der Waals surface area contributed by atoms with Gasteiger partial charge in [0.25, 0.3) is 0 Å². The lowest BCUT2D eigenvalue weighted by Crippen LogP contribution is -1.83. The van der Waals surface area contributed by atoms with Crippen molar-refractivity contribution in [3.8, 4) is 11.5 Å². The van der Waals surface area contributed by atoms with Gasteiger partial charge in [-0.3, -0.25) is 0 Å². The number of rotatable bonds is 10. The lowest BCUT2D eigenvalue weighted by atomic mass is 10.1. The molecule has 20 heavy (non-hydrogen) atoms. The maximum Gasteiger partial charge on any atom is 0.160 e. The van der Waals surface area contributed by atoms with Gasteiger partial charge >= 0.3 is 0 Å². The Labute approximate surface area is 127 Å². The number of phenolic OH excluding ortho intramolecular Hbond substituents is 2.